The number of benzene rings is 1. The molecule has 5 heteroatoms. The third-order valence-electron chi connectivity index (χ3n) is 6.08. The van der Waals surface area contributed by atoms with Gasteiger partial charge in [-0.25, -0.2) is 0 Å². The predicted molar refractivity (Wildman–Crippen MR) is 102 cm³/mol. The fourth-order valence-corrected chi connectivity index (χ4v) is 4.07. The third-order valence-corrected chi connectivity index (χ3v) is 6.08. The molecule has 0 aliphatic carbocycles. The zero-order chi connectivity index (χ0) is 17.9. The molecular weight excluding hydrogens is 314 g/mol. The van der Waals surface area contributed by atoms with Gasteiger partial charge in [0.2, 0.25) is 0 Å². The average Bonchev–Trinajstić information content (AvgIpc) is 2.97. The summed E-state index contributed by atoms with van der Waals surface area (Å²) < 4.78 is 5.66. The fraction of sp³-hybridized carbons (Fsp3) is 0.650. The second-order valence-corrected chi connectivity index (χ2v) is 7.43. The van der Waals surface area contributed by atoms with Crippen molar-refractivity contribution in [2.24, 2.45) is 5.41 Å². The molecule has 1 aromatic rings. The third kappa shape index (κ3) is 3.92. The Morgan fingerprint density at radius 3 is 2.32 bits per heavy atom. The van der Waals surface area contributed by atoms with Gasteiger partial charge in [0.15, 0.2) is 0 Å². The molecule has 2 heterocycles. The molecule has 0 radical (unpaired) electrons. The van der Waals surface area contributed by atoms with Crippen LogP contribution in [0.5, 0.6) is 0 Å². The molecule has 0 saturated carbocycles. The van der Waals surface area contributed by atoms with Gasteiger partial charge in [0.05, 0.1) is 5.41 Å². The van der Waals surface area contributed by atoms with Gasteiger partial charge in [0.1, 0.15) is 6.10 Å². The summed E-state index contributed by atoms with van der Waals surface area (Å²) in [5.41, 5.74) is 7.59. The maximum atomic E-state index is 12.2. The zero-order valence-electron chi connectivity index (χ0n) is 15.5. The Morgan fingerprint density at radius 1 is 1.12 bits per heavy atom. The molecule has 0 amide bonds. The van der Waals surface area contributed by atoms with Gasteiger partial charge in [0, 0.05) is 50.5 Å². The minimum Gasteiger partial charge on any atom is -0.462 e. The van der Waals surface area contributed by atoms with Crippen LogP contribution in [-0.4, -0.2) is 49.7 Å². The van der Waals surface area contributed by atoms with E-state index in [2.05, 4.69) is 35.8 Å². The second-order valence-electron chi connectivity index (χ2n) is 7.43. The number of anilines is 2. The van der Waals surface area contributed by atoms with Gasteiger partial charge in [-0.1, -0.05) is 13.8 Å². The van der Waals surface area contributed by atoms with E-state index in [9.17, 15) is 4.79 Å². The lowest BCUT2D eigenvalue weighted by Crippen LogP contribution is -2.47. The maximum absolute atomic E-state index is 12.2. The van der Waals surface area contributed by atoms with Crippen molar-refractivity contribution in [3.63, 3.8) is 0 Å². The van der Waals surface area contributed by atoms with Crippen molar-refractivity contribution >= 4 is 17.3 Å². The normalized spacial score (nSPS) is 23.7. The van der Waals surface area contributed by atoms with E-state index < -0.39 is 0 Å². The van der Waals surface area contributed by atoms with E-state index >= 15 is 0 Å². The van der Waals surface area contributed by atoms with Crippen LogP contribution in [0.1, 0.15) is 39.5 Å². The van der Waals surface area contributed by atoms with E-state index in [0.717, 1.165) is 64.1 Å². The van der Waals surface area contributed by atoms with Gasteiger partial charge in [0.25, 0.3) is 0 Å². The lowest BCUT2D eigenvalue weighted by atomic mass is 9.79. The highest BCUT2D eigenvalue weighted by atomic mass is 16.6. The van der Waals surface area contributed by atoms with E-state index in [1.807, 2.05) is 12.1 Å². The first-order valence-electron chi connectivity index (χ1n) is 9.60. The highest BCUT2D eigenvalue weighted by molar-refractivity contribution is 5.78. The first kappa shape index (κ1) is 18.1. The average molecular weight is 345 g/mol. The van der Waals surface area contributed by atoms with Gasteiger partial charge in [-0.3, -0.25) is 9.69 Å². The number of hydrogen-bond acceptors (Lipinski definition) is 5. The minimum atomic E-state index is -0.224. The van der Waals surface area contributed by atoms with Gasteiger partial charge >= 0.3 is 5.97 Å². The van der Waals surface area contributed by atoms with Crippen LogP contribution in [0.2, 0.25) is 0 Å². The minimum absolute atomic E-state index is 0.0238. The predicted octanol–water partition coefficient (Wildman–Crippen LogP) is 2.90. The molecule has 138 valence electrons. The molecule has 0 bridgehead atoms. The quantitative estimate of drug-likeness (QED) is 0.634. The van der Waals surface area contributed by atoms with Crippen molar-refractivity contribution < 1.29 is 9.53 Å². The summed E-state index contributed by atoms with van der Waals surface area (Å²) in [5, 5.41) is 0. The molecule has 2 N–H and O–H groups in total. The number of nitrogens with two attached hydrogens (primary N) is 1. The summed E-state index contributed by atoms with van der Waals surface area (Å²) in [6, 6.07) is 8.11. The Balaban J connectivity index is 1.44. The van der Waals surface area contributed by atoms with Crippen molar-refractivity contribution in [3.05, 3.63) is 24.3 Å². The molecule has 25 heavy (non-hydrogen) atoms. The van der Waals surface area contributed by atoms with Crippen molar-refractivity contribution in [2.45, 2.75) is 45.6 Å². The summed E-state index contributed by atoms with van der Waals surface area (Å²) in [6.45, 7) is 9.38. The summed E-state index contributed by atoms with van der Waals surface area (Å²) in [4.78, 5) is 17.1. The van der Waals surface area contributed by atoms with Crippen LogP contribution >= 0.6 is 0 Å². The van der Waals surface area contributed by atoms with E-state index in [1.54, 1.807) is 0 Å². The number of piperazine rings is 1. The molecule has 0 aromatic heterocycles. The fourth-order valence-electron chi connectivity index (χ4n) is 4.07. The number of rotatable bonds is 6. The Labute approximate surface area is 151 Å². The Bertz CT molecular complexity index is 575. The largest absolute Gasteiger partial charge is 0.462 e. The molecule has 2 aliphatic rings. The Kier molecular flexibility index (Phi) is 5.52. The van der Waals surface area contributed by atoms with E-state index in [1.165, 1.54) is 5.69 Å². The van der Waals surface area contributed by atoms with Crippen LogP contribution in [0.15, 0.2) is 24.3 Å². The number of nitrogens with zero attached hydrogens (tertiary/aromatic N) is 2. The number of cyclic esters (lactones) is 1. The SMILES string of the molecule is CCC1(CC)CC(CCN2CCN(c3ccc(N)cc3)CC2)OC1=O. The van der Waals surface area contributed by atoms with Crippen LogP contribution in [0.25, 0.3) is 0 Å². The number of ether oxygens (including phenoxy) is 1. The topological polar surface area (TPSA) is 58.8 Å². The molecule has 5 nitrogen and oxygen atoms in total. The molecule has 2 fully saturated rings. The number of nitrogen functional groups attached to an aromatic ring is 1. The second kappa shape index (κ2) is 7.65. The van der Waals surface area contributed by atoms with Crippen LogP contribution in [0.3, 0.4) is 0 Å². The lowest BCUT2D eigenvalue weighted by molar-refractivity contribution is -0.149. The van der Waals surface area contributed by atoms with Crippen LogP contribution < -0.4 is 10.6 Å². The highest BCUT2D eigenvalue weighted by Gasteiger charge is 2.46. The summed E-state index contributed by atoms with van der Waals surface area (Å²) in [5.74, 6) is 0.0238. The van der Waals surface area contributed by atoms with E-state index in [0.29, 0.717) is 0 Å². The van der Waals surface area contributed by atoms with Crippen molar-refractivity contribution in [1.82, 2.24) is 4.90 Å². The van der Waals surface area contributed by atoms with Gasteiger partial charge < -0.3 is 15.4 Å². The standard InChI is InChI=1S/C20H31N3O2/c1-3-20(4-2)15-18(25-19(20)24)9-10-22-11-13-23(14-12-22)17-7-5-16(21)6-8-17/h5-8,18H,3-4,9-15,21H2,1-2H3. The van der Waals surface area contributed by atoms with Crippen molar-refractivity contribution in [2.75, 3.05) is 43.4 Å². The molecule has 1 atom stereocenters. The summed E-state index contributed by atoms with van der Waals surface area (Å²) in [6.07, 6.45) is 3.72. The first-order chi connectivity index (χ1) is 12.1. The van der Waals surface area contributed by atoms with Crippen molar-refractivity contribution in [1.29, 1.82) is 0 Å². The van der Waals surface area contributed by atoms with Gasteiger partial charge in [-0.2, -0.15) is 0 Å². The van der Waals surface area contributed by atoms with Crippen LogP contribution in [0.4, 0.5) is 11.4 Å². The molecule has 2 saturated heterocycles. The molecular formula is C20H31N3O2. The monoisotopic (exact) mass is 345 g/mol. The summed E-state index contributed by atoms with van der Waals surface area (Å²) >= 11 is 0. The van der Waals surface area contributed by atoms with Gasteiger partial charge in [-0.05, 0) is 43.5 Å². The van der Waals surface area contributed by atoms with Crippen LogP contribution in [-0.2, 0) is 9.53 Å². The molecule has 1 unspecified atom stereocenters. The summed E-state index contributed by atoms with van der Waals surface area (Å²) in [7, 11) is 0. The Morgan fingerprint density at radius 2 is 1.76 bits per heavy atom. The molecule has 0 spiro atoms. The van der Waals surface area contributed by atoms with E-state index in [4.69, 9.17) is 10.5 Å². The lowest BCUT2D eigenvalue weighted by Gasteiger charge is -2.36. The Hall–Kier alpha value is -1.75. The smallest absolute Gasteiger partial charge is 0.312 e. The first-order valence-corrected chi connectivity index (χ1v) is 9.60. The van der Waals surface area contributed by atoms with Crippen molar-refractivity contribution in [3.8, 4) is 0 Å². The highest BCUT2D eigenvalue weighted by Crippen LogP contribution is 2.41. The molecule has 2 aliphatic heterocycles. The zero-order valence-corrected chi connectivity index (χ0v) is 15.5. The number of hydrogen-bond donors (Lipinski definition) is 1. The van der Waals surface area contributed by atoms with Crippen LogP contribution in [0, 0.1) is 5.41 Å². The number of carbonyl (C=O) groups is 1. The molecule has 3 rings (SSSR count). The number of esters is 1. The number of carbonyl (C=O) groups excluding carboxylic acids is 1. The molecule has 1 aromatic carbocycles. The van der Waals surface area contributed by atoms with E-state index in [-0.39, 0.29) is 17.5 Å². The maximum Gasteiger partial charge on any atom is 0.312 e. The van der Waals surface area contributed by atoms with Gasteiger partial charge in [-0.15, -0.1) is 0 Å².